The van der Waals surface area contributed by atoms with Gasteiger partial charge in [-0.25, -0.2) is 23.4 Å². The van der Waals surface area contributed by atoms with Crippen LogP contribution in [-0.2, 0) is 4.79 Å². The average molecular weight is 528 g/mol. The Bertz CT molecular complexity index is 1380. The molecule has 0 aliphatic carbocycles. The van der Waals surface area contributed by atoms with Gasteiger partial charge in [-0.15, -0.1) is 0 Å². The van der Waals surface area contributed by atoms with Gasteiger partial charge in [0.15, 0.2) is 17.3 Å². The summed E-state index contributed by atoms with van der Waals surface area (Å²) in [5.74, 6) is -2.66. The number of nitrogens with one attached hydrogen (secondary N) is 2. The van der Waals surface area contributed by atoms with E-state index in [0.29, 0.717) is 57.5 Å². The Labute approximate surface area is 217 Å². The molecule has 10 nitrogen and oxygen atoms in total. The number of urea groups is 1. The molecular formula is C26H31F2N7O3. The number of piperidine rings is 1. The molecule has 2 aromatic heterocycles. The summed E-state index contributed by atoms with van der Waals surface area (Å²) in [4.78, 5) is 47.8. The summed E-state index contributed by atoms with van der Waals surface area (Å²) in [5.41, 5.74) is 6.78. The number of pyridine rings is 1. The summed E-state index contributed by atoms with van der Waals surface area (Å²) in [6.07, 6.45) is 3.92. The fourth-order valence-electron chi connectivity index (χ4n) is 5.75. The molecule has 0 spiro atoms. The molecule has 1 aromatic carbocycles. The van der Waals surface area contributed by atoms with E-state index in [1.54, 1.807) is 32.7 Å². The number of hydrogen-bond donors (Lipinski definition) is 3. The Morgan fingerprint density at radius 2 is 1.87 bits per heavy atom. The molecule has 38 heavy (non-hydrogen) atoms. The number of aromatic nitrogens is 3. The normalized spacial score (nSPS) is 21.4. The molecular weight excluding hydrogens is 496 g/mol. The highest BCUT2D eigenvalue weighted by atomic mass is 19.2. The number of likely N-dealkylation sites (tertiary alicyclic amines) is 2. The van der Waals surface area contributed by atoms with E-state index in [9.17, 15) is 23.2 Å². The topological polar surface area (TPSA) is 129 Å². The van der Waals surface area contributed by atoms with Gasteiger partial charge in [-0.2, -0.15) is 0 Å². The number of hydrogen-bond acceptors (Lipinski definition) is 5. The number of fused-ring (bicyclic) bond motifs is 1. The zero-order valence-electron chi connectivity index (χ0n) is 20.9. The van der Waals surface area contributed by atoms with E-state index in [4.69, 9.17) is 5.73 Å². The molecule has 3 aromatic rings. The van der Waals surface area contributed by atoms with Gasteiger partial charge in [0.2, 0.25) is 5.91 Å². The number of imidazole rings is 1. The van der Waals surface area contributed by atoms with Gasteiger partial charge in [0.25, 0.3) is 0 Å². The lowest BCUT2D eigenvalue weighted by Crippen LogP contribution is -2.51. The van der Waals surface area contributed by atoms with Crippen molar-refractivity contribution in [3.63, 3.8) is 0 Å². The molecule has 0 unspecified atom stereocenters. The molecule has 0 saturated carbocycles. The highest BCUT2D eigenvalue weighted by Crippen LogP contribution is 2.30. The van der Waals surface area contributed by atoms with Crippen molar-refractivity contribution in [3.8, 4) is 0 Å². The monoisotopic (exact) mass is 527 g/mol. The second-order valence-corrected chi connectivity index (χ2v) is 10.1. The smallest absolute Gasteiger partial charge is 0.327 e. The molecule has 2 atom stereocenters. The van der Waals surface area contributed by atoms with Gasteiger partial charge in [0, 0.05) is 44.5 Å². The molecule has 2 fully saturated rings. The summed E-state index contributed by atoms with van der Waals surface area (Å²) >= 11 is 0. The van der Waals surface area contributed by atoms with Crippen molar-refractivity contribution >= 4 is 23.1 Å². The maximum Gasteiger partial charge on any atom is 0.327 e. The van der Waals surface area contributed by atoms with Crippen molar-refractivity contribution in [2.75, 3.05) is 32.7 Å². The van der Waals surface area contributed by atoms with Gasteiger partial charge in [0.1, 0.15) is 0 Å². The lowest BCUT2D eigenvalue weighted by molar-refractivity contribution is -0.119. The van der Waals surface area contributed by atoms with Gasteiger partial charge >= 0.3 is 11.7 Å². The van der Waals surface area contributed by atoms with Crippen molar-refractivity contribution < 1.29 is 18.4 Å². The molecule has 4 heterocycles. The number of aromatic amines is 1. The Morgan fingerprint density at radius 3 is 2.63 bits per heavy atom. The molecule has 2 saturated heterocycles. The Morgan fingerprint density at radius 1 is 1.08 bits per heavy atom. The number of halogens is 2. The summed E-state index contributed by atoms with van der Waals surface area (Å²) in [6.45, 7) is 1.61. The maximum atomic E-state index is 14.5. The SMILES string of the molecule is NC(=O)CN1C[C@H](NC(=O)N2CCC(n3c(=O)[nH]c4ncccc43)CC2)CC[C@@H](c2cccc(F)c2F)C1. The molecule has 202 valence electrons. The van der Waals surface area contributed by atoms with Crippen molar-refractivity contribution in [1.82, 2.24) is 29.7 Å². The van der Waals surface area contributed by atoms with Crippen LogP contribution in [0.4, 0.5) is 13.6 Å². The van der Waals surface area contributed by atoms with Crippen LogP contribution in [0.25, 0.3) is 11.2 Å². The number of rotatable bonds is 5. The van der Waals surface area contributed by atoms with Crippen LogP contribution in [0, 0.1) is 11.6 Å². The quantitative estimate of drug-likeness (QED) is 0.468. The molecule has 5 rings (SSSR count). The molecule has 2 aliphatic rings. The number of amides is 3. The summed E-state index contributed by atoms with van der Waals surface area (Å²) in [6, 6.07) is 7.19. The molecule has 2 aliphatic heterocycles. The predicted molar refractivity (Wildman–Crippen MR) is 136 cm³/mol. The third-order valence-electron chi connectivity index (χ3n) is 7.56. The van der Waals surface area contributed by atoms with Crippen molar-refractivity contribution in [2.45, 2.75) is 43.7 Å². The lowest BCUT2D eigenvalue weighted by Gasteiger charge is -2.34. The minimum Gasteiger partial charge on any atom is -0.369 e. The van der Waals surface area contributed by atoms with Crippen molar-refractivity contribution in [1.29, 1.82) is 0 Å². The van der Waals surface area contributed by atoms with Crippen LogP contribution in [0.5, 0.6) is 0 Å². The van der Waals surface area contributed by atoms with Crippen LogP contribution in [-0.4, -0.2) is 75.0 Å². The minimum atomic E-state index is -0.910. The van der Waals surface area contributed by atoms with Crippen LogP contribution in [0.1, 0.15) is 43.2 Å². The third kappa shape index (κ3) is 5.40. The number of primary amides is 1. The van der Waals surface area contributed by atoms with E-state index in [2.05, 4.69) is 15.3 Å². The highest BCUT2D eigenvalue weighted by molar-refractivity contribution is 5.76. The van der Waals surface area contributed by atoms with E-state index in [0.717, 1.165) is 11.6 Å². The van der Waals surface area contributed by atoms with Gasteiger partial charge < -0.3 is 16.0 Å². The molecule has 12 heteroatoms. The fourth-order valence-corrected chi connectivity index (χ4v) is 5.75. The van der Waals surface area contributed by atoms with Crippen molar-refractivity contribution in [2.24, 2.45) is 5.73 Å². The van der Waals surface area contributed by atoms with E-state index in [1.165, 1.54) is 6.07 Å². The first-order chi connectivity index (χ1) is 18.3. The first-order valence-electron chi connectivity index (χ1n) is 12.9. The second-order valence-electron chi connectivity index (χ2n) is 10.1. The zero-order chi connectivity index (χ0) is 26.8. The summed E-state index contributed by atoms with van der Waals surface area (Å²) in [5, 5.41) is 3.06. The number of carbonyl (C=O) groups excluding carboxylic acids is 2. The minimum absolute atomic E-state index is 0.0422. The number of benzene rings is 1. The number of H-pyrrole nitrogens is 1. The lowest BCUT2D eigenvalue weighted by atomic mass is 9.93. The Kier molecular flexibility index (Phi) is 7.41. The largest absolute Gasteiger partial charge is 0.369 e. The molecule has 0 radical (unpaired) electrons. The predicted octanol–water partition coefficient (Wildman–Crippen LogP) is 2.08. The Hall–Kier alpha value is -3.80. The van der Waals surface area contributed by atoms with Crippen LogP contribution in [0.2, 0.25) is 0 Å². The highest BCUT2D eigenvalue weighted by Gasteiger charge is 2.31. The second kappa shape index (κ2) is 10.9. The summed E-state index contributed by atoms with van der Waals surface area (Å²) < 4.78 is 30.1. The maximum absolute atomic E-state index is 14.5. The Balaban J connectivity index is 1.23. The van der Waals surface area contributed by atoms with E-state index >= 15 is 0 Å². The summed E-state index contributed by atoms with van der Waals surface area (Å²) in [7, 11) is 0. The first-order valence-corrected chi connectivity index (χ1v) is 12.9. The van der Waals surface area contributed by atoms with Crippen LogP contribution in [0.3, 0.4) is 0 Å². The standard InChI is InChI=1S/C26H31F2N7O3/c27-20-4-1-3-19(23(20)28)16-6-7-17(14-33(13-16)15-22(29)36)31-25(37)34-11-8-18(9-12-34)35-21-5-2-10-30-24(21)32-26(35)38/h1-5,10,16-18H,6-9,11-15H2,(H2,29,36)(H,31,37)(H,30,32,38)/t16-,17-/m1/s1. The third-order valence-corrected chi connectivity index (χ3v) is 7.56. The van der Waals surface area contributed by atoms with E-state index in [-0.39, 0.29) is 41.8 Å². The average Bonchev–Trinajstić information content (AvgIpc) is 3.10. The number of carbonyl (C=O) groups is 2. The number of nitrogens with zero attached hydrogens (tertiary/aromatic N) is 4. The van der Waals surface area contributed by atoms with Gasteiger partial charge in [0.05, 0.1) is 12.1 Å². The molecule has 3 amide bonds. The van der Waals surface area contributed by atoms with E-state index in [1.807, 2.05) is 6.07 Å². The fraction of sp³-hybridized carbons (Fsp3) is 0.462. The zero-order valence-corrected chi connectivity index (χ0v) is 20.9. The van der Waals surface area contributed by atoms with E-state index < -0.39 is 17.5 Å². The van der Waals surface area contributed by atoms with Gasteiger partial charge in [-0.1, -0.05) is 12.1 Å². The van der Waals surface area contributed by atoms with Crippen LogP contribution < -0.4 is 16.7 Å². The van der Waals surface area contributed by atoms with Crippen molar-refractivity contribution in [3.05, 3.63) is 64.2 Å². The van der Waals surface area contributed by atoms with Gasteiger partial charge in [-0.3, -0.25) is 19.2 Å². The first kappa shape index (κ1) is 25.8. The molecule has 4 N–H and O–H groups in total. The van der Waals surface area contributed by atoms with Crippen LogP contribution in [0.15, 0.2) is 41.3 Å². The number of nitrogens with two attached hydrogens (primary N) is 1. The molecule has 0 bridgehead atoms. The van der Waals surface area contributed by atoms with Gasteiger partial charge in [-0.05, 0) is 55.4 Å². The van der Waals surface area contributed by atoms with Crippen LogP contribution >= 0.6 is 0 Å².